The molecule has 0 fully saturated rings. The van der Waals surface area contributed by atoms with Crippen molar-refractivity contribution in [1.82, 2.24) is 0 Å². The molecule has 0 nitrogen and oxygen atoms in total. The quantitative estimate of drug-likeness (QED) is 0.558. The molecule has 0 aromatic heterocycles. The first-order chi connectivity index (χ1) is 6.31. The van der Waals surface area contributed by atoms with Gasteiger partial charge >= 0.3 is 0 Å². The second kappa shape index (κ2) is 3.21. The van der Waals surface area contributed by atoms with Gasteiger partial charge in [0.25, 0.3) is 0 Å². The first-order valence-electron chi connectivity index (χ1n) is 4.73. The van der Waals surface area contributed by atoms with Crippen LogP contribution in [0.15, 0.2) is 41.5 Å². The third kappa shape index (κ3) is 1.44. The molecule has 0 saturated heterocycles. The second-order valence-electron chi connectivity index (χ2n) is 3.52. The third-order valence-corrected chi connectivity index (χ3v) is 2.66. The zero-order valence-corrected chi connectivity index (χ0v) is 8.17. The summed E-state index contributed by atoms with van der Waals surface area (Å²) in [7, 11) is 0. The molecule has 1 aromatic carbocycles. The van der Waals surface area contributed by atoms with Gasteiger partial charge in [-0.15, -0.1) is 0 Å². The van der Waals surface area contributed by atoms with E-state index in [0.29, 0.717) is 0 Å². The zero-order valence-electron chi connectivity index (χ0n) is 8.17. The molecule has 0 saturated carbocycles. The van der Waals surface area contributed by atoms with Crippen LogP contribution in [0.1, 0.15) is 25.0 Å². The van der Waals surface area contributed by atoms with Crippen molar-refractivity contribution in [3.8, 4) is 0 Å². The smallest absolute Gasteiger partial charge is 0.00205 e. The SMILES string of the molecule is C/C=C1/Cc2ccccc2C=C1C. The van der Waals surface area contributed by atoms with Crippen molar-refractivity contribution in [1.29, 1.82) is 0 Å². The summed E-state index contributed by atoms with van der Waals surface area (Å²) in [6.07, 6.45) is 5.57. The van der Waals surface area contributed by atoms with Crippen molar-refractivity contribution in [2.45, 2.75) is 20.3 Å². The molecule has 66 valence electrons. The normalized spacial score (nSPS) is 18.3. The van der Waals surface area contributed by atoms with Crippen molar-refractivity contribution in [3.05, 3.63) is 52.6 Å². The zero-order chi connectivity index (χ0) is 9.26. The van der Waals surface area contributed by atoms with Gasteiger partial charge in [-0.1, -0.05) is 36.4 Å². The van der Waals surface area contributed by atoms with Crippen LogP contribution < -0.4 is 0 Å². The molecule has 13 heavy (non-hydrogen) atoms. The van der Waals surface area contributed by atoms with E-state index in [1.54, 1.807) is 0 Å². The van der Waals surface area contributed by atoms with E-state index in [2.05, 4.69) is 50.3 Å². The number of hydrogen-bond donors (Lipinski definition) is 0. The molecule has 0 heterocycles. The highest BCUT2D eigenvalue weighted by Gasteiger charge is 2.10. The molecule has 0 bridgehead atoms. The molecule has 0 radical (unpaired) electrons. The van der Waals surface area contributed by atoms with E-state index in [1.807, 2.05) is 0 Å². The van der Waals surface area contributed by atoms with Crippen LogP contribution >= 0.6 is 0 Å². The number of fused-ring (bicyclic) bond motifs is 1. The number of benzene rings is 1. The Morgan fingerprint density at radius 2 is 2.00 bits per heavy atom. The Bertz CT molecular complexity index is 381. The molecule has 0 heteroatoms. The van der Waals surface area contributed by atoms with Crippen LogP contribution in [-0.2, 0) is 6.42 Å². The number of allylic oxidation sites excluding steroid dienone is 3. The van der Waals surface area contributed by atoms with Gasteiger partial charge < -0.3 is 0 Å². The lowest BCUT2D eigenvalue weighted by molar-refractivity contribution is 1.11. The maximum atomic E-state index is 2.27. The van der Waals surface area contributed by atoms with Crippen molar-refractivity contribution < 1.29 is 0 Å². The standard InChI is InChI=1S/C13H14/c1-3-11-9-13-7-5-4-6-12(13)8-10(11)2/h3-8H,9H2,1-2H3/b11-3-. The highest BCUT2D eigenvalue weighted by molar-refractivity contribution is 5.65. The monoisotopic (exact) mass is 170 g/mol. The van der Waals surface area contributed by atoms with E-state index in [1.165, 1.54) is 22.3 Å². The first-order valence-corrected chi connectivity index (χ1v) is 4.73. The second-order valence-corrected chi connectivity index (χ2v) is 3.52. The van der Waals surface area contributed by atoms with E-state index in [9.17, 15) is 0 Å². The average molecular weight is 170 g/mol. The fourth-order valence-corrected chi connectivity index (χ4v) is 1.84. The van der Waals surface area contributed by atoms with Gasteiger partial charge in [-0.25, -0.2) is 0 Å². The van der Waals surface area contributed by atoms with Gasteiger partial charge in [0.15, 0.2) is 0 Å². The Kier molecular flexibility index (Phi) is 2.05. The predicted molar refractivity (Wildman–Crippen MR) is 57.6 cm³/mol. The van der Waals surface area contributed by atoms with Gasteiger partial charge in [0, 0.05) is 0 Å². The Balaban J connectivity index is 2.53. The van der Waals surface area contributed by atoms with Gasteiger partial charge in [-0.2, -0.15) is 0 Å². The molecule has 0 aliphatic heterocycles. The Morgan fingerprint density at radius 3 is 2.77 bits per heavy atom. The highest BCUT2D eigenvalue weighted by atomic mass is 14.1. The summed E-state index contributed by atoms with van der Waals surface area (Å²) in [5.74, 6) is 0. The lowest BCUT2D eigenvalue weighted by Crippen LogP contribution is -2.00. The van der Waals surface area contributed by atoms with Crippen LogP contribution in [0.25, 0.3) is 6.08 Å². The van der Waals surface area contributed by atoms with E-state index in [0.717, 1.165) is 6.42 Å². The maximum absolute atomic E-state index is 2.27. The van der Waals surface area contributed by atoms with Gasteiger partial charge in [0.2, 0.25) is 0 Å². The molecule has 0 unspecified atom stereocenters. The Hall–Kier alpha value is -1.30. The lowest BCUT2D eigenvalue weighted by atomic mass is 9.89. The summed E-state index contributed by atoms with van der Waals surface area (Å²) in [4.78, 5) is 0. The van der Waals surface area contributed by atoms with E-state index in [-0.39, 0.29) is 0 Å². The number of hydrogen-bond acceptors (Lipinski definition) is 0. The van der Waals surface area contributed by atoms with Crippen LogP contribution in [0.2, 0.25) is 0 Å². The van der Waals surface area contributed by atoms with E-state index < -0.39 is 0 Å². The minimum Gasteiger partial charge on any atom is -0.0838 e. The van der Waals surface area contributed by atoms with E-state index >= 15 is 0 Å². The summed E-state index contributed by atoms with van der Waals surface area (Å²) >= 11 is 0. The molecule has 0 N–H and O–H groups in total. The van der Waals surface area contributed by atoms with Crippen molar-refractivity contribution in [3.63, 3.8) is 0 Å². The highest BCUT2D eigenvalue weighted by Crippen LogP contribution is 2.27. The van der Waals surface area contributed by atoms with Gasteiger partial charge in [-0.3, -0.25) is 0 Å². The van der Waals surface area contributed by atoms with Gasteiger partial charge in [-0.05, 0) is 42.5 Å². The largest absolute Gasteiger partial charge is 0.0838 e. The van der Waals surface area contributed by atoms with E-state index in [4.69, 9.17) is 0 Å². The fraction of sp³-hybridized carbons (Fsp3) is 0.231. The Labute approximate surface area is 79.6 Å². The molecule has 1 aromatic rings. The molecule has 0 spiro atoms. The summed E-state index contributed by atoms with van der Waals surface area (Å²) < 4.78 is 0. The summed E-state index contributed by atoms with van der Waals surface area (Å²) in [6.45, 7) is 4.30. The maximum Gasteiger partial charge on any atom is -0.00205 e. The summed E-state index contributed by atoms with van der Waals surface area (Å²) in [5.41, 5.74) is 5.69. The van der Waals surface area contributed by atoms with Crippen LogP contribution in [0.3, 0.4) is 0 Å². The van der Waals surface area contributed by atoms with Crippen LogP contribution in [0.5, 0.6) is 0 Å². The molecular weight excluding hydrogens is 156 g/mol. The van der Waals surface area contributed by atoms with Crippen LogP contribution in [-0.4, -0.2) is 0 Å². The predicted octanol–water partition coefficient (Wildman–Crippen LogP) is 3.59. The minimum absolute atomic E-state index is 1.09. The molecule has 1 aliphatic carbocycles. The lowest BCUT2D eigenvalue weighted by Gasteiger charge is -2.16. The molecular formula is C13H14. The van der Waals surface area contributed by atoms with Gasteiger partial charge in [0.1, 0.15) is 0 Å². The average Bonchev–Trinajstić information content (AvgIpc) is 2.17. The summed E-state index contributed by atoms with van der Waals surface area (Å²) in [6, 6.07) is 8.61. The van der Waals surface area contributed by atoms with Crippen molar-refractivity contribution >= 4 is 6.08 Å². The molecule has 0 atom stereocenters. The van der Waals surface area contributed by atoms with Crippen LogP contribution in [0.4, 0.5) is 0 Å². The van der Waals surface area contributed by atoms with Gasteiger partial charge in [0.05, 0.1) is 0 Å². The molecule has 1 aliphatic rings. The van der Waals surface area contributed by atoms with Crippen LogP contribution in [0, 0.1) is 0 Å². The minimum atomic E-state index is 1.09. The van der Waals surface area contributed by atoms with Crippen molar-refractivity contribution in [2.75, 3.05) is 0 Å². The third-order valence-electron chi connectivity index (χ3n) is 2.66. The molecule has 0 amide bonds. The molecule has 2 rings (SSSR count). The summed E-state index contributed by atoms with van der Waals surface area (Å²) in [5, 5.41) is 0. The Morgan fingerprint density at radius 1 is 1.23 bits per heavy atom. The number of rotatable bonds is 0. The first kappa shape index (κ1) is 8.31. The topological polar surface area (TPSA) is 0 Å². The fourth-order valence-electron chi connectivity index (χ4n) is 1.84. The van der Waals surface area contributed by atoms with Crippen molar-refractivity contribution in [2.24, 2.45) is 0 Å².